The largest absolute Gasteiger partial charge is 0.331 e. The normalized spacial score (nSPS) is 21.5. The van der Waals surface area contributed by atoms with Crippen molar-refractivity contribution in [3.05, 3.63) is 30.0 Å². The van der Waals surface area contributed by atoms with Gasteiger partial charge in [0.2, 0.25) is 0 Å². The fourth-order valence-corrected chi connectivity index (χ4v) is 2.37. The van der Waals surface area contributed by atoms with Crippen LogP contribution in [0.5, 0.6) is 0 Å². The van der Waals surface area contributed by atoms with Crippen LogP contribution in [0, 0.1) is 0 Å². The number of amidine groups is 1. The number of allylic oxidation sites excluding steroid dienone is 1. The quantitative estimate of drug-likeness (QED) is 0.891. The van der Waals surface area contributed by atoms with Gasteiger partial charge in [0, 0.05) is 18.0 Å². The predicted octanol–water partition coefficient (Wildman–Crippen LogP) is 1.54. The highest BCUT2D eigenvalue weighted by Gasteiger charge is 2.29. The smallest absolute Gasteiger partial charge is 0.160 e. The molecule has 6 heteroatoms. The molecule has 0 aliphatic carbocycles. The predicted molar refractivity (Wildman–Crippen MR) is 74.5 cm³/mol. The van der Waals surface area contributed by atoms with Gasteiger partial charge in [-0.3, -0.25) is 10.3 Å². The molecule has 0 fully saturated rings. The van der Waals surface area contributed by atoms with Crippen LogP contribution >= 0.6 is 0 Å². The van der Waals surface area contributed by atoms with Crippen molar-refractivity contribution in [1.29, 1.82) is 0 Å². The van der Waals surface area contributed by atoms with Crippen molar-refractivity contribution in [3.8, 4) is 0 Å². The molecule has 2 aliphatic rings. The van der Waals surface area contributed by atoms with Crippen LogP contribution in [0.1, 0.15) is 26.7 Å². The first-order valence-corrected chi connectivity index (χ1v) is 6.63. The summed E-state index contributed by atoms with van der Waals surface area (Å²) in [4.78, 5) is 10.8. The van der Waals surface area contributed by atoms with E-state index in [4.69, 9.17) is 0 Å². The summed E-state index contributed by atoms with van der Waals surface area (Å²) < 4.78 is 2.03. The Morgan fingerprint density at radius 2 is 2.32 bits per heavy atom. The minimum Gasteiger partial charge on any atom is -0.331 e. The maximum absolute atomic E-state index is 4.61. The van der Waals surface area contributed by atoms with Gasteiger partial charge < -0.3 is 4.57 Å². The van der Waals surface area contributed by atoms with Crippen LogP contribution in [0.3, 0.4) is 0 Å². The average Bonchev–Trinajstić information content (AvgIpc) is 3.03. The molecule has 100 valence electrons. The Morgan fingerprint density at radius 3 is 3.05 bits per heavy atom. The van der Waals surface area contributed by atoms with Crippen molar-refractivity contribution >= 4 is 12.2 Å². The molecule has 0 radical (unpaired) electrons. The van der Waals surface area contributed by atoms with Crippen molar-refractivity contribution in [2.45, 2.75) is 39.4 Å². The second-order valence-corrected chi connectivity index (χ2v) is 4.80. The second-order valence-electron chi connectivity index (χ2n) is 4.80. The molecule has 0 bridgehead atoms. The molecule has 0 amide bonds. The first-order chi connectivity index (χ1) is 9.29. The molecule has 2 aliphatic heterocycles. The second kappa shape index (κ2) is 4.87. The van der Waals surface area contributed by atoms with Gasteiger partial charge in [0.1, 0.15) is 6.17 Å². The summed E-state index contributed by atoms with van der Waals surface area (Å²) in [5.74, 6) is 1.01. The van der Waals surface area contributed by atoms with E-state index < -0.39 is 0 Å². The molecule has 3 heterocycles. The number of hydrogen-bond acceptors (Lipinski definition) is 5. The lowest BCUT2D eigenvalue weighted by molar-refractivity contribution is 0.445. The van der Waals surface area contributed by atoms with E-state index in [1.165, 1.54) is 5.57 Å². The van der Waals surface area contributed by atoms with Crippen LogP contribution in [0.25, 0.3) is 0 Å². The third-order valence-corrected chi connectivity index (χ3v) is 3.37. The highest BCUT2D eigenvalue weighted by molar-refractivity contribution is 6.07. The van der Waals surface area contributed by atoms with Crippen LogP contribution in [-0.4, -0.2) is 32.8 Å². The van der Waals surface area contributed by atoms with Gasteiger partial charge in [-0.05, 0) is 13.3 Å². The van der Waals surface area contributed by atoms with Gasteiger partial charge in [-0.2, -0.15) is 5.10 Å². The topological polar surface area (TPSA) is 57.8 Å². The summed E-state index contributed by atoms with van der Waals surface area (Å²) in [6.45, 7) is 5.00. The number of rotatable bonds is 4. The lowest BCUT2D eigenvalue weighted by atomic mass is 10.1. The van der Waals surface area contributed by atoms with Gasteiger partial charge in [-0.1, -0.05) is 13.3 Å². The molecule has 1 aromatic heterocycles. The lowest BCUT2D eigenvalue weighted by Crippen LogP contribution is -2.39. The van der Waals surface area contributed by atoms with E-state index in [0.29, 0.717) is 0 Å². The molecule has 19 heavy (non-hydrogen) atoms. The molecule has 1 N–H and O–H groups in total. The summed E-state index contributed by atoms with van der Waals surface area (Å²) in [5, 5.41) is 4.44. The first kappa shape index (κ1) is 12.0. The zero-order valence-electron chi connectivity index (χ0n) is 11.2. The van der Waals surface area contributed by atoms with Gasteiger partial charge >= 0.3 is 0 Å². The van der Waals surface area contributed by atoms with Crippen molar-refractivity contribution < 1.29 is 0 Å². The van der Waals surface area contributed by atoms with Crippen LogP contribution < -0.4 is 5.43 Å². The van der Waals surface area contributed by atoms with E-state index in [2.05, 4.69) is 39.3 Å². The molecule has 0 saturated heterocycles. The minimum atomic E-state index is 0.181. The van der Waals surface area contributed by atoms with Gasteiger partial charge in [0.15, 0.2) is 5.84 Å². The van der Waals surface area contributed by atoms with Crippen molar-refractivity contribution in [3.63, 3.8) is 0 Å². The van der Waals surface area contributed by atoms with E-state index in [0.717, 1.165) is 30.9 Å². The molecule has 0 aromatic carbocycles. The van der Waals surface area contributed by atoms with E-state index >= 15 is 0 Å². The maximum Gasteiger partial charge on any atom is 0.160 e. The van der Waals surface area contributed by atoms with Crippen LogP contribution in [0.2, 0.25) is 0 Å². The Hall–Kier alpha value is -2.11. The van der Waals surface area contributed by atoms with E-state index in [9.17, 15) is 0 Å². The molecule has 3 rings (SSSR count). The van der Waals surface area contributed by atoms with Crippen molar-refractivity contribution in [2.24, 2.45) is 10.1 Å². The number of aromatic nitrogens is 2. The Morgan fingerprint density at radius 1 is 1.42 bits per heavy atom. The first-order valence-electron chi connectivity index (χ1n) is 6.63. The monoisotopic (exact) mass is 258 g/mol. The molecule has 1 unspecified atom stereocenters. The van der Waals surface area contributed by atoms with Gasteiger partial charge in [0.05, 0.1) is 24.9 Å². The molecule has 1 aromatic rings. The van der Waals surface area contributed by atoms with E-state index in [1.807, 2.05) is 23.4 Å². The standard InChI is InChI=1S/C13H18N6/c1-3-4-11-12(7-18-6-5-14-8-18)15-9-19-10(2)16-17-13(11)19/h5-6,8-10,16H,3-4,7H2,1-2H3. The van der Waals surface area contributed by atoms with E-state index in [1.54, 1.807) is 6.20 Å². The Kier molecular flexibility index (Phi) is 3.06. The maximum atomic E-state index is 4.61. The zero-order chi connectivity index (χ0) is 13.2. The van der Waals surface area contributed by atoms with Gasteiger partial charge in [-0.25, -0.2) is 9.98 Å². The SMILES string of the molecule is CCCC1=C(Cn2ccnc2)N=CN2C1=NNC2C. The third kappa shape index (κ3) is 2.14. The van der Waals surface area contributed by atoms with Crippen LogP contribution in [0.15, 0.2) is 40.1 Å². The fraction of sp³-hybridized carbons (Fsp3) is 0.462. The van der Waals surface area contributed by atoms with Crippen LogP contribution in [-0.2, 0) is 6.54 Å². The van der Waals surface area contributed by atoms with Gasteiger partial charge in [0.25, 0.3) is 0 Å². The summed E-state index contributed by atoms with van der Waals surface area (Å²) in [6.07, 6.45) is 9.68. The molecule has 0 spiro atoms. The molecule has 1 atom stereocenters. The van der Waals surface area contributed by atoms with Crippen molar-refractivity contribution in [1.82, 2.24) is 19.9 Å². The highest BCUT2D eigenvalue weighted by atomic mass is 15.5. The Labute approximate surface area is 112 Å². The average molecular weight is 258 g/mol. The summed E-state index contributed by atoms with van der Waals surface area (Å²) in [5.41, 5.74) is 5.41. The Bertz CT molecular complexity index is 539. The highest BCUT2D eigenvalue weighted by Crippen LogP contribution is 2.24. The third-order valence-electron chi connectivity index (χ3n) is 3.37. The van der Waals surface area contributed by atoms with E-state index in [-0.39, 0.29) is 6.17 Å². The number of fused-ring (bicyclic) bond motifs is 1. The Balaban J connectivity index is 1.92. The summed E-state index contributed by atoms with van der Waals surface area (Å²) in [7, 11) is 0. The summed E-state index contributed by atoms with van der Waals surface area (Å²) in [6, 6.07) is 0. The van der Waals surface area contributed by atoms with Crippen LogP contribution in [0.4, 0.5) is 0 Å². The molecule has 0 saturated carbocycles. The van der Waals surface area contributed by atoms with Gasteiger partial charge in [-0.15, -0.1) is 0 Å². The number of hydrogen-bond donors (Lipinski definition) is 1. The number of aliphatic imine (C=N–C) groups is 1. The fourth-order valence-electron chi connectivity index (χ4n) is 2.37. The minimum absolute atomic E-state index is 0.181. The summed E-state index contributed by atoms with van der Waals surface area (Å²) >= 11 is 0. The zero-order valence-corrected chi connectivity index (χ0v) is 11.2. The number of nitrogens with zero attached hydrogens (tertiary/aromatic N) is 5. The number of imidazole rings is 1. The number of nitrogens with one attached hydrogen (secondary N) is 1. The molecular weight excluding hydrogens is 240 g/mol. The molecular formula is C13H18N6. The van der Waals surface area contributed by atoms with Crippen molar-refractivity contribution in [2.75, 3.05) is 0 Å². The molecule has 6 nitrogen and oxygen atoms in total. The number of hydrazone groups is 1. The lowest BCUT2D eigenvalue weighted by Gasteiger charge is -2.25.